The number of rotatable bonds is 9. The van der Waals surface area contributed by atoms with Gasteiger partial charge in [0, 0.05) is 53.5 Å². The van der Waals surface area contributed by atoms with Crippen LogP contribution in [0.25, 0.3) is 0 Å². The van der Waals surface area contributed by atoms with Crippen molar-refractivity contribution in [3.63, 3.8) is 0 Å². The summed E-state index contributed by atoms with van der Waals surface area (Å²) in [4.78, 5) is 43.6. The van der Waals surface area contributed by atoms with Crippen LogP contribution in [0.5, 0.6) is 11.5 Å². The van der Waals surface area contributed by atoms with E-state index in [0.717, 1.165) is 46.6 Å². The van der Waals surface area contributed by atoms with Crippen LogP contribution in [0.1, 0.15) is 82.9 Å². The van der Waals surface area contributed by atoms with Crippen LogP contribution in [0, 0.1) is 17.8 Å². The zero-order chi connectivity index (χ0) is 34.2. The number of nitrogens with one attached hydrogen (secondary N) is 1. The zero-order valence-electron chi connectivity index (χ0n) is 28.9. The molecule has 0 unspecified atom stereocenters. The second-order valence-corrected chi connectivity index (χ2v) is 14.9. The highest BCUT2D eigenvalue weighted by Crippen LogP contribution is 2.55. The van der Waals surface area contributed by atoms with E-state index in [1.54, 1.807) is 6.07 Å². The Morgan fingerprint density at radius 1 is 0.792 bits per heavy atom. The van der Waals surface area contributed by atoms with E-state index < -0.39 is 5.92 Å². The fraction of sp³-hybridized carbons (Fsp3) is 0.390. The Balaban J connectivity index is 1.41. The molecule has 3 aromatic carbocycles. The molecule has 0 aromatic heterocycles. The van der Waals surface area contributed by atoms with Crippen LogP contribution in [0.15, 0.2) is 95.3 Å². The fourth-order valence-corrected chi connectivity index (χ4v) is 7.47. The molecule has 0 saturated carbocycles. The molecule has 250 valence electrons. The average Bonchev–Trinajstić information content (AvgIpc) is 3.02. The molecule has 6 rings (SSSR count). The molecule has 1 heterocycles. The van der Waals surface area contributed by atoms with E-state index >= 15 is 0 Å². The number of benzene rings is 3. The Bertz CT molecular complexity index is 1760. The third-order valence-electron chi connectivity index (χ3n) is 9.58. The molecule has 1 N–H and O–H groups in total. The summed E-state index contributed by atoms with van der Waals surface area (Å²) in [7, 11) is 0. The smallest absolute Gasteiger partial charge is 0.262 e. The number of ether oxygens (including phenoxy) is 2. The molecule has 2 aliphatic carbocycles. The van der Waals surface area contributed by atoms with E-state index in [4.69, 9.17) is 9.47 Å². The van der Waals surface area contributed by atoms with Gasteiger partial charge in [0.1, 0.15) is 0 Å². The van der Waals surface area contributed by atoms with E-state index in [1.807, 2.05) is 68.4 Å². The molecule has 0 radical (unpaired) electrons. The Morgan fingerprint density at radius 2 is 1.40 bits per heavy atom. The topological polar surface area (TPSA) is 84.9 Å². The zero-order valence-corrected chi connectivity index (χ0v) is 28.9. The lowest BCUT2D eigenvalue weighted by molar-refractivity contribution is -0.120. The van der Waals surface area contributed by atoms with E-state index in [1.165, 1.54) is 0 Å². The summed E-state index contributed by atoms with van der Waals surface area (Å²) in [6.07, 6.45) is 2.30. The van der Waals surface area contributed by atoms with Gasteiger partial charge in [0.15, 0.2) is 29.7 Å². The highest BCUT2D eigenvalue weighted by atomic mass is 16.5. The van der Waals surface area contributed by atoms with Crippen molar-refractivity contribution in [3.8, 4) is 11.5 Å². The van der Waals surface area contributed by atoms with Crippen molar-refractivity contribution >= 4 is 23.2 Å². The lowest BCUT2D eigenvalue weighted by Gasteiger charge is -2.49. The Kier molecular flexibility index (Phi) is 9.08. The minimum absolute atomic E-state index is 0.0830. The van der Waals surface area contributed by atoms with Gasteiger partial charge < -0.3 is 19.7 Å². The van der Waals surface area contributed by atoms with Crippen molar-refractivity contribution in [2.75, 3.05) is 18.5 Å². The number of hydrogen-bond acceptors (Lipinski definition) is 6. The van der Waals surface area contributed by atoms with Gasteiger partial charge in [0.25, 0.3) is 5.91 Å². The van der Waals surface area contributed by atoms with Crippen molar-refractivity contribution in [1.29, 1.82) is 0 Å². The molecule has 3 aromatic rings. The largest absolute Gasteiger partial charge is 0.490 e. The van der Waals surface area contributed by atoms with Crippen LogP contribution in [0.4, 0.5) is 5.69 Å². The predicted molar refractivity (Wildman–Crippen MR) is 188 cm³/mol. The number of anilines is 1. The maximum absolute atomic E-state index is 14.2. The summed E-state index contributed by atoms with van der Waals surface area (Å²) < 4.78 is 12.1. The first-order chi connectivity index (χ1) is 22.9. The van der Waals surface area contributed by atoms with Crippen LogP contribution in [0.3, 0.4) is 0 Å². The van der Waals surface area contributed by atoms with Gasteiger partial charge in [-0.15, -0.1) is 0 Å². The highest BCUT2D eigenvalue weighted by Gasteiger charge is 2.49. The fourth-order valence-electron chi connectivity index (χ4n) is 7.47. The Labute approximate surface area is 284 Å². The summed E-state index contributed by atoms with van der Waals surface area (Å²) in [6.45, 7) is 13.2. The first-order valence-electron chi connectivity index (χ1n) is 16.9. The molecule has 1 amide bonds. The maximum atomic E-state index is 14.2. The number of amides is 1. The van der Waals surface area contributed by atoms with Gasteiger partial charge >= 0.3 is 0 Å². The average molecular weight is 647 g/mol. The molecule has 0 saturated heterocycles. The van der Waals surface area contributed by atoms with E-state index in [9.17, 15) is 14.4 Å². The Hall–Kier alpha value is -4.65. The van der Waals surface area contributed by atoms with Crippen molar-refractivity contribution in [2.24, 2.45) is 10.8 Å². The van der Waals surface area contributed by atoms with Crippen molar-refractivity contribution in [3.05, 3.63) is 112 Å². The minimum atomic E-state index is -0.508. The van der Waals surface area contributed by atoms with E-state index in [2.05, 4.69) is 50.0 Å². The number of ketones is 2. The number of allylic oxidation sites excluding steroid dienone is 4. The quantitative estimate of drug-likeness (QED) is 0.252. The van der Waals surface area contributed by atoms with Gasteiger partial charge in [-0.2, -0.15) is 0 Å². The molecule has 48 heavy (non-hydrogen) atoms. The molecular formula is C41H46N2O5. The lowest BCUT2D eigenvalue weighted by atomic mass is 9.63. The van der Waals surface area contributed by atoms with Gasteiger partial charge in [-0.25, -0.2) is 0 Å². The molecule has 0 bridgehead atoms. The van der Waals surface area contributed by atoms with E-state index in [0.29, 0.717) is 48.6 Å². The SMILES string of the molecule is CCOc1cc(C2C3=C(CC(C)(C)CC3=O)N(Cc3ccccc3)C3=C2C(=O)CC(C)(C)C3)ccc1OCC(=O)Nc1ccccc1C. The molecule has 3 aliphatic rings. The second-order valence-electron chi connectivity index (χ2n) is 14.9. The van der Waals surface area contributed by atoms with Gasteiger partial charge in [-0.05, 0) is 72.4 Å². The first-order valence-corrected chi connectivity index (χ1v) is 16.9. The molecule has 0 atom stereocenters. The van der Waals surface area contributed by atoms with Crippen molar-refractivity contribution < 1.29 is 23.9 Å². The van der Waals surface area contributed by atoms with Crippen molar-refractivity contribution in [1.82, 2.24) is 4.90 Å². The van der Waals surface area contributed by atoms with Crippen LogP contribution < -0.4 is 14.8 Å². The molecule has 7 heteroatoms. The van der Waals surface area contributed by atoms with Crippen molar-refractivity contribution in [2.45, 2.75) is 79.7 Å². The van der Waals surface area contributed by atoms with Gasteiger partial charge in [-0.1, -0.05) is 82.3 Å². The maximum Gasteiger partial charge on any atom is 0.262 e. The summed E-state index contributed by atoms with van der Waals surface area (Å²) in [5.41, 5.74) is 6.67. The van der Waals surface area contributed by atoms with Crippen LogP contribution in [-0.4, -0.2) is 35.6 Å². The first kappa shape index (κ1) is 33.3. The summed E-state index contributed by atoms with van der Waals surface area (Å²) in [5, 5.41) is 2.90. The number of carbonyl (C=O) groups excluding carboxylic acids is 3. The van der Waals surface area contributed by atoms with Gasteiger partial charge in [0.05, 0.1) is 6.61 Å². The monoisotopic (exact) mass is 646 g/mol. The van der Waals surface area contributed by atoms with Gasteiger partial charge in [0.2, 0.25) is 0 Å². The molecule has 7 nitrogen and oxygen atoms in total. The standard InChI is InChI=1S/C41H46N2O5/c1-7-47-35-19-28(17-18-34(35)48-25-36(46)42-29-16-12-11-13-26(29)2)37-38-30(20-40(3,4)22-32(38)44)43(24-27-14-9-8-10-15-27)31-21-41(5,6)23-33(45)39(31)37/h8-19,37H,7,20-25H2,1-6H3,(H,42,46). The lowest BCUT2D eigenvalue weighted by Crippen LogP contribution is -2.44. The van der Waals surface area contributed by atoms with Crippen LogP contribution in [0.2, 0.25) is 0 Å². The molecular weight excluding hydrogens is 600 g/mol. The van der Waals surface area contributed by atoms with Crippen LogP contribution >= 0.6 is 0 Å². The van der Waals surface area contributed by atoms with E-state index in [-0.39, 0.29) is 34.9 Å². The molecule has 1 aliphatic heterocycles. The number of aryl methyl sites for hydroxylation is 1. The molecule has 0 fully saturated rings. The number of hydrogen-bond donors (Lipinski definition) is 1. The summed E-state index contributed by atoms with van der Waals surface area (Å²) in [5.74, 6) is 0.280. The Morgan fingerprint density at radius 3 is 2.00 bits per heavy atom. The number of carbonyl (C=O) groups is 3. The summed E-state index contributed by atoms with van der Waals surface area (Å²) >= 11 is 0. The van der Waals surface area contributed by atoms with Gasteiger partial charge in [-0.3, -0.25) is 14.4 Å². The number of Topliss-reactive ketones (excluding diaryl/α,β-unsaturated/α-hetero) is 2. The number of para-hydroxylation sites is 1. The normalized spacial score (nSPS) is 18.8. The highest BCUT2D eigenvalue weighted by molar-refractivity contribution is 6.07. The number of nitrogens with zero attached hydrogens (tertiary/aromatic N) is 1. The minimum Gasteiger partial charge on any atom is -0.490 e. The van der Waals surface area contributed by atoms with Crippen LogP contribution in [-0.2, 0) is 20.9 Å². The second kappa shape index (κ2) is 13.1. The molecule has 0 spiro atoms. The third-order valence-corrected chi connectivity index (χ3v) is 9.58. The third kappa shape index (κ3) is 6.82. The predicted octanol–water partition coefficient (Wildman–Crippen LogP) is 8.30. The summed E-state index contributed by atoms with van der Waals surface area (Å²) in [6, 6.07) is 23.5.